The fraction of sp³-hybridized carbons (Fsp3) is 0.667. The van der Waals surface area contributed by atoms with E-state index in [0.717, 1.165) is 19.0 Å². The fourth-order valence-corrected chi connectivity index (χ4v) is 0.609. The first-order valence-electron chi connectivity index (χ1n) is 4.45. The minimum Gasteiger partial charge on any atom is -0.462 e. The molecule has 4 heteroatoms. The van der Waals surface area contributed by atoms with Crippen LogP contribution >= 0.6 is 0 Å². The minimum atomic E-state index is -0.387. The zero-order valence-electron chi connectivity index (χ0n) is 8.04. The first-order chi connectivity index (χ1) is 6.31. The lowest BCUT2D eigenvalue weighted by Gasteiger charge is -2.04. The van der Waals surface area contributed by atoms with Gasteiger partial charge in [-0.25, -0.2) is 10.3 Å². The maximum atomic E-state index is 10.6. The third-order valence-electron chi connectivity index (χ3n) is 1.26. The lowest BCUT2D eigenvalue weighted by Crippen LogP contribution is -2.17. The summed E-state index contributed by atoms with van der Waals surface area (Å²) in [5, 5.41) is 0. The van der Waals surface area contributed by atoms with Gasteiger partial charge in [-0.1, -0.05) is 13.5 Å². The summed E-state index contributed by atoms with van der Waals surface area (Å²) in [6.45, 7) is 7.10. The molecule has 0 spiro atoms. The zero-order valence-corrected chi connectivity index (χ0v) is 8.04. The van der Waals surface area contributed by atoms with E-state index in [1.54, 1.807) is 0 Å². The van der Waals surface area contributed by atoms with Crippen molar-refractivity contribution in [2.45, 2.75) is 19.8 Å². The van der Waals surface area contributed by atoms with E-state index in [1.165, 1.54) is 0 Å². The number of rotatable bonds is 8. The van der Waals surface area contributed by atoms with Gasteiger partial charge in [0.1, 0.15) is 0 Å². The number of carbonyl (C=O) groups is 1. The van der Waals surface area contributed by atoms with Crippen molar-refractivity contribution in [3.05, 3.63) is 12.7 Å². The van der Waals surface area contributed by atoms with Crippen LogP contribution in [0.1, 0.15) is 19.8 Å². The number of carbonyl (C=O) groups excluding carboxylic acids is 1. The lowest BCUT2D eigenvalue weighted by atomic mass is 10.5. The van der Waals surface area contributed by atoms with Crippen LogP contribution in [0.4, 0.5) is 0 Å². The van der Waals surface area contributed by atoms with Gasteiger partial charge < -0.3 is 9.57 Å². The van der Waals surface area contributed by atoms with Gasteiger partial charge in [0.2, 0.25) is 0 Å². The molecule has 0 aliphatic rings. The molecule has 0 amide bonds. The summed E-state index contributed by atoms with van der Waals surface area (Å²) in [6, 6.07) is 0. The largest absolute Gasteiger partial charge is 0.462 e. The molecule has 0 aliphatic carbocycles. The van der Waals surface area contributed by atoms with Gasteiger partial charge >= 0.3 is 5.97 Å². The average Bonchev–Trinajstić information content (AvgIpc) is 2.16. The first-order valence-corrected chi connectivity index (χ1v) is 4.45. The van der Waals surface area contributed by atoms with E-state index < -0.39 is 0 Å². The van der Waals surface area contributed by atoms with Gasteiger partial charge in [0.15, 0.2) is 0 Å². The van der Waals surface area contributed by atoms with Crippen molar-refractivity contribution in [1.82, 2.24) is 5.48 Å². The summed E-state index contributed by atoms with van der Waals surface area (Å²) in [5.74, 6) is -0.387. The molecule has 0 aromatic carbocycles. The van der Waals surface area contributed by atoms with Gasteiger partial charge in [-0.3, -0.25) is 0 Å². The second-order valence-corrected chi connectivity index (χ2v) is 2.47. The monoisotopic (exact) mass is 187 g/mol. The smallest absolute Gasteiger partial charge is 0.330 e. The Balaban J connectivity index is 2.99. The molecule has 0 aromatic heterocycles. The Morgan fingerprint density at radius 1 is 1.54 bits per heavy atom. The van der Waals surface area contributed by atoms with Crippen molar-refractivity contribution >= 4 is 5.97 Å². The van der Waals surface area contributed by atoms with Gasteiger partial charge in [-0.2, -0.15) is 0 Å². The third kappa shape index (κ3) is 9.04. The first kappa shape index (κ1) is 12.1. The molecule has 0 unspecified atom stereocenters. The summed E-state index contributed by atoms with van der Waals surface area (Å²) in [4.78, 5) is 15.6. The molecule has 0 heterocycles. The lowest BCUT2D eigenvalue weighted by molar-refractivity contribution is -0.138. The quantitative estimate of drug-likeness (QED) is 0.267. The SMILES string of the molecule is C=CC(=O)OCCCONCCC. The van der Waals surface area contributed by atoms with Gasteiger partial charge in [0.05, 0.1) is 13.2 Å². The van der Waals surface area contributed by atoms with E-state index in [-0.39, 0.29) is 5.97 Å². The van der Waals surface area contributed by atoms with Gasteiger partial charge in [0, 0.05) is 19.0 Å². The molecule has 76 valence electrons. The molecular formula is C9H17NO3. The van der Waals surface area contributed by atoms with E-state index in [9.17, 15) is 4.79 Å². The topological polar surface area (TPSA) is 47.6 Å². The Bertz CT molecular complexity index is 148. The molecule has 1 N–H and O–H groups in total. The number of hydroxylamine groups is 1. The van der Waals surface area contributed by atoms with Gasteiger partial charge in [0.25, 0.3) is 0 Å². The van der Waals surface area contributed by atoms with E-state index in [0.29, 0.717) is 19.6 Å². The van der Waals surface area contributed by atoms with Crippen molar-refractivity contribution in [2.24, 2.45) is 0 Å². The van der Waals surface area contributed by atoms with Crippen LogP contribution in [-0.4, -0.2) is 25.7 Å². The molecular weight excluding hydrogens is 170 g/mol. The molecule has 0 radical (unpaired) electrons. The van der Waals surface area contributed by atoms with E-state index in [4.69, 9.17) is 9.57 Å². The second kappa shape index (κ2) is 9.22. The third-order valence-corrected chi connectivity index (χ3v) is 1.26. The Hall–Kier alpha value is -0.870. The van der Waals surface area contributed by atoms with Crippen molar-refractivity contribution in [3.8, 4) is 0 Å². The summed E-state index contributed by atoms with van der Waals surface area (Å²) in [7, 11) is 0. The van der Waals surface area contributed by atoms with Crippen LogP contribution in [0.5, 0.6) is 0 Å². The van der Waals surface area contributed by atoms with E-state index in [1.807, 2.05) is 0 Å². The number of ether oxygens (including phenoxy) is 1. The maximum Gasteiger partial charge on any atom is 0.330 e. The van der Waals surface area contributed by atoms with Crippen LogP contribution in [0.2, 0.25) is 0 Å². The summed E-state index contributed by atoms with van der Waals surface area (Å²) in [5.41, 5.74) is 2.78. The summed E-state index contributed by atoms with van der Waals surface area (Å²) < 4.78 is 4.73. The Labute approximate surface area is 78.9 Å². The molecule has 4 nitrogen and oxygen atoms in total. The zero-order chi connectivity index (χ0) is 9.94. The molecule has 0 fully saturated rings. The van der Waals surface area contributed by atoms with E-state index in [2.05, 4.69) is 19.0 Å². The molecule has 0 rings (SSSR count). The molecule has 0 atom stereocenters. The summed E-state index contributed by atoms with van der Waals surface area (Å²) >= 11 is 0. The summed E-state index contributed by atoms with van der Waals surface area (Å²) in [6.07, 6.45) is 2.87. The Morgan fingerprint density at radius 2 is 2.31 bits per heavy atom. The number of hydrogen-bond donors (Lipinski definition) is 1. The number of hydrogen-bond acceptors (Lipinski definition) is 4. The van der Waals surface area contributed by atoms with Crippen molar-refractivity contribution in [1.29, 1.82) is 0 Å². The van der Waals surface area contributed by atoms with Crippen molar-refractivity contribution in [3.63, 3.8) is 0 Å². The molecule has 0 aromatic rings. The number of nitrogens with one attached hydrogen (secondary N) is 1. The van der Waals surface area contributed by atoms with Crippen LogP contribution < -0.4 is 5.48 Å². The molecule has 0 saturated carbocycles. The van der Waals surface area contributed by atoms with Crippen LogP contribution in [0.3, 0.4) is 0 Å². The van der Waals surface area contributed by atoms with Gasteiger partial charge in [-0.15, -0.1) is 0 Å². The maximum absolute atomic E-state index is 10.6. The Kier molecular flexibility index (Phi) is 8.60. The van der Waals surface area contributed by atoms with Crippen LogP contribution in [0, 0.1) is 0 Å². The highest BCUT2D eigenvalue weighted by atomic mass is 16.6. The standard InChI is InChI=1S/C9H17NO3/c1-3-6-10-13-8-5-7-12-9(11)4-2/h4,10H,2-3,5-8H2,1H3. The van der Waals surface area contributed by atoms with Crippen LogP contribution in [-0.2, 0) is 14.4 Å². The fourth-order valence-electron chi connectivity index (χ4n) is 0.609. The predicted molar refractivity (Wildman–Crippen MR) is 50.0 cm³/mol. The predicted octanol–water partition coefficient (Wildman–Crippen LogP) is 1.04. The van der Waals surface area contributed by atoms with E-state index >= 15 is 0 Å². The highest BCUT2D eigenvalue weighted by molar-refractivity contribution is 5.81. The normalized spacial score (nSPS) is 9.62. The van der Waals surface area contributed by atoms with Gasteiger partial charge in [-0.05, 0) is 6.42 Å². The second-order valence-electron chi connectivity index (χ2n) is 2.47. The Morgan fingerprint density at radius 3 is 2.92 bits per heavy atom. The highest BCUT2D eigenvalue weighted by Crippen LogP contribution is 1.85. The minimum absolute atomic E-state index is 0.374. The molecule has 0 bridgehead atoms. The van der Waals surface area contributed by atoms with Crippen LogP contribution in [0.15, 0.2) is 12.7 Å². The highest BCUT2D eigenvalue weighted by Gasteiger charge is 1.94. The molecule has 0 aliphatic heterocycles. The number of esters is 1. The molecule has 0 saturated heterocycles. The van der Waals surface area contributed by atoms with Crippen molar-refractivity contribution < 1.29 is 14.4 Å². The van der Waals surface area contributed by atoms with Crippen molar-refractivity contribution in [2.75, 3.05) is 19.8 Å². The average molecular weight is 187 g/mol. The molecule has 13 heavy (non-hydrogen) atoms. The van der Waals surface area contributed by atoms with Crippen LogP contribution in [0.25, 0.3) is 0 Å².